The van der Waals surface area contributed by atoms with Crippen molar-refractivity contribution in [3.8, 4) is 0 Å². The number of thiocarbonyl (C=S) groups is 1. The molecule has 0 atom stereocenters. The van der Waals surface area contributed by atoms with Crippen molar-refractivity contribution in [2.24, 2.45) is 0 Å². The molecule has 0 aliphatic carbocycles. The molecule has 23 heavy (non-hydrogen) atoms. The summed E-state index contributed by atoms with van der Waals surface area (Å²) in [6, 6.07) is 7.60. The number of ether oxygens (including phenoxy) is 1. The van der Waals surface area contributed by atoms with Crippen LogP contribution in [0.1, 0.15) is 25.3 Å². The zero-order valence-corrected chi connectivity index (χ0v) is 15.8. The quantitative estimate of drug-likeness (QED) is 0.305. The van der Waals surface area contributed by atoms with E-state index in [4.69, 9.17) is 17.0 Å². The lowest BCUT2D eigenvalue weighted by Crippen LogP contribution is -2.34. The van der Waals surface area contributed by atoms with Gasteiger partial charge in [-0.2, -0.15) is 0 Å². The van der Waals surface area contributed by atoms with Crippen LogP contribution in [0.4, 0.5) is 0 Å². The van der Waals surface area contributed by atoms with E-state index in [1.807, 2.05) is 31.2 Å². The lowest BCUT2D eigenvalue weighted by Gasteiger charge is -2.13. The predicted octanol–water partition coefficient (Wildman–Crippen LogP) is 3.99. The summed E-state index contributed by atoms with van der Waals surface area (Å²) in [5.74, 6) is -0.685. The summed E-state index contributed by atoms with van der Waals surface area (Å²) in [7, 11) is 0. The molecule has 1 aliphatic rings. The Balaban J connectivity index is 2.02. The van der Waals surface area contributed by atoms with Gasteiger partial charge in [0.15, 0.2) is 0 Å². The van der Waals surface area contributed by atoms with Gasteiger partial charge in [0.2, 0.25) is 0 Å². The molecule has 1 aliphatic heterocycles. The first-order chi connectivity index (χ1) is 11.0. The standard InChI is InChI=1S/C16H16BrNO3S2/c1-2-3-8-21-14(19)10-18-15(20)13(23-16(18)22)9-11-4-6-12(17)7-5-11/h4-7,9H,2-3,8,10H2,1H3/b13-9-. The van der Waals surface area contributed by atoms with Crippen molar-refractivity contribution in [1.29, 1.82) is 0 Å². The summed E-state index contributed by atoms with van der Waals surface area (Å²) in [5.41, 5.74) is 0.902. The fourth-order valence-corrected chi connectivity index (χ4v) is 3.37. The molecule has 2 rings (SSSR count). The second kappa shape index (κ2) is 8.61. The van der Waals surface area contributed by atoms with E-state index in [0.717, 1.165) is 22.9 Å². The Morgan fingerprint density at radius 2 is 2.09 bits per heavy atom. The molecule has 0 N–H and O–H groups in total. The number of benzene rings is 1. The van der Waals surface area contributed by atoms with E-state index in [1.165, 1.54) is 16.7 Å². The molecule has 0 spiro atoms. The molecular formula is C16H16BrNO3S2. The Kier molecular flexibility index (Phi) is 6.80. The first-order valence-electron chi connectivity index (χ1n) is 7.18. The number of carbonyl (C=O) groups excluding carboxylic acids is 2. The van der Waals surface area contributed by atoms with Crippen molar-refractivity contribution in [3.05, 3.63) is 39.2 Å². The van der Waals surface area contributed by atoms with Gasteiger partial charge in [-0.05, 0) is 30.2 Å². The number of hydrogen-bond donors (Lipinski definition) is 0. The molecule has 1 fully saturated rings. The minimum Gasteiger partial charge on any atom is -0.464 e. The van der Waals surface area contributed by atoms with Crippen molar-refractivity contribution in [2.45, 2.75) is 19.8 Å². The molecule has 0 aromatic heterocycles. The van der Waals surface area contributed by atoms with Crippen molar-refractivity contribution in [3.63, 3.8) is 0 Å². The van der Waals surface area contributed by atoms with E-state index in [2.05, 4.69) is 15.9 Å². The van der Waals surface area contributed by atoms with E-state index >= 15 is 0 Å². The molecule has 0 unspecified atom stereocenters. The topological polar surface area (TPSA) is 46.6 Å². The van der Waals surface area contributed by atoms with Gasteiger partial charge in [-0.3, -0.25) is 14.5 Å². The molecule has 0 radical (unpaired) electrons. The highest BCUT2D eigenvalue weighted by atomic mass is 79.9. The summed E-state index contributed by atoms with van der Waals surface area (Å²) < 4.78 is 6.43. The minimum absolute atomic E-state index is 0.133. The molecule has 0 bridgehead atoms. The van der Waals surface area contributed by atoms with Crippen LogP contribution >= 0.6 is 39.9 Å². The summed E-state index contributed by atoms with van der Waals surface area (Å²) >= 11 is 9.77. The number of hydrogen-bond acceptors (Lipinski definition) is 5. The van der Waals surface area contributed by atoms with Crippen LogP contribution in [-0.4, -0.2) is 34.2 Å². The molecule has 1 amide bonds. The monoisotopic (exact) mass is 413 g/mol. The molecule has 1 saturated heterocycles. The second-order valence-corrected chi connectivity index (χ2v) is 7.48. The molecule has 7 heteroatoms. The van der Waals surface area contributed by atoms with Crippen molar-refractivity contribution in [1.82, 2.24) is 4.90 Å². The van der Waals surface area contributed by atoms with Crippen molar-refractivity contribution < 1.29 is 14.3 Å². The lowest BCUT2D eigenvalue weighted by molar-refractivity contribution is -0.146. The lowest BCUT2D eigenvalue weighted by atomic mass is 10.2. The summed E-state index contributed by atoms with van der Waals surface area (Å²) in [5, 5.41) is 0. The van der Waals surface area contributed by atoms with Gasteiger partial charge in [0, 0.05) is 4.47 Å². The number of thioether (sulfide) groups is 1. The number of halogens is 1. The first-order valence-corrected chi connectivity index (χ1v) is 9.19. The SMILES string of the molecule is CCCCOC(=O)CN1C(=O)/C(=C/c2ccc(Br)cc2)SC1=S. The molecule has 1 aromatic rings. The third-order valence-electron chi connectivity index (χ3n) is 3.09. The Morgan fingerprint density at radius 3 is 2.74 bits per heavy atom. The fourth-order valence-electron chi connectivity index (χ4n) is 1.85. The van der Waals surface area contributed by atoms with Gasteiger partial charge in [0.05, 0.1) is 11.5 Å². The average molecular weight is 414 g/mol. The third kappa shape index (κ3) is 5.16. The normalized spacial score (nSPS) is 16.3. The van der Waals surface area contributed by atoms with E-state index in [0.29, 0.717) is 15.8 Å². The molecule has 0 saturated carbocycles. The van der Waals surface area contributed by atoms with Crippen LogP contribution < -0.4 is 0 Å². The number of carbonyl (C=O) groups is 2. The second-order valence-electron chi connectivity index (χ2n) is 4.89. The van der Waals surface area contributed by atoms with Crippen molar-refractivity contribution >= 4 is 62.2 Å². The molecular weight excluding hydrogens is 398 g/mol. The van der Waals surface area contributed by atoms with Gasteiger partial charge in [-0.25, -0.2) is 0 Å². The Labute approximate surface area is 153 Å². The van der Waals surface area contributed by atoms with Crippen LogP contribution in [0.25, 0.3) is 6.08 Å². The number of amides is 1. The highest BCUT2D eigenvalue weighted by molar-refractivity contribution is 9.10. The number of rotatable bonds is 6. The van der Waals surface area contributed by atoms with E-state index in [-0.39, 0.29) is 12.5 Å². The Bertz CT molecular complexity index is 643. The number of unbranched alkanes of at least 4 members (excludes halogenated alkanes) is 1. The maximum atomic E-state index is 12.4. The maximum Gasteiger partial charge on any atom is 0.326 e. The van der Waals surface area contributed by atoms with E-state index in [1.54, 1.807) is 6.08 Å². The Morgan fingerprint density at radius 1 is 1.39 bits per heavy atom. The van der Waals surface area contributed by atoms with E-state index in [9.17, 15) is 9.59 Å². The Hall–Kier alpha value is -1.18. The maximum absolute atomic E-state index is 12.4. The summed E-state index contributed by atoms with van der Waals surface area (Å²) in [6.07, 6.45) is 3.53. The van der Waals surface area contributed by atoms with Gasteiger partial charge in [0.25, 0.3) is 5.91 Å². The van der Waals surface area contributed by atoms with Gasteiger partial charge in [-0.1, -0.05) is 65.4 Å². The van der Waals surface area contributed by atoms with Crippen molar-refractivity contribution in [2.75, 3.05) is 13.2 Å². The van der Waals surface area contributed by atoms with Crippen LogP contribution in [0.3, 0.4) is 0 Å². The van der Waals surface area contributed by atoms with Crippen LogP contribution in [0.2, 0.25) is 0 Å². The van der Waals surface area contributed by atoms with Gasteiger partial charge in [-0.15, -0.1) is 0 Å². The minimum atomic E-state index is -0.431. The van der Waals surface area contributed by atoms with Crippen LogP contribution in [0.15, 0.2) is 33.6 Å². The molecule has 122 valence electrons. The van der Waals surface area contributed by atoms with Gasteiger partial charge < -0.3 is 4.74 Å². The third-order valence-corrected chi connectivity index (χ3v) is 5.00. The van der Waals surface area contributed by atoms with Gasteiger partial charge >= 0.3 is 5.97 Å². The zero-order valence-electron chi connectivity index (χ0n) is 12.6. The molecule has 1 heterocycles. The first kappa shape index (κ1) is 18.2. The van der Waals surface area contributed by atoms with Gasteiger partial charge in [0.1, 0.15) is 10.9 Å². The predicted molar refractivity (Wildman–Crippen MR) is 99.9 cm³/mol. The highest BCUT2D eigenvalue weighted by Gasteiger charge is 2.33. The van der Waals surface area contributed by atoms with Crippen LogP contribution in [0.5, 0.6) is 0 Å². The average Bonchev–Trinajstić information content (AvgIpc) is 2.77. The molecule has 4 nitrogen and oxygen atoms in total. The zero-order chi connectivity index (χ0) is 16.8. The van der Waals surface area contributed by atoms with Crippen LogP contribution in [-0.2, 0) is 14.3 Å². The summed E-state index contributed by atoms with van der Waals surface area (Å²) in [4.78, 5) is 25.9. The fraction of sp³-hybridized carbons (Fsp3) is 0.312. The number of nitrogens with zero attached hydrogens (tertiary/aromatic N) is 1. The van der Waals surface area contributed by atoms with Crippen LogP contribution in [0, 0.1) is 0 Å². The largest absolute Gasteiger partial charge is 0.464 e. The van der Waals surface area contributed by atoms with E-state index < -0.39 is 5.97 Å². The smallest absolute Gasteiger partial charge is 0.326 e. The molecule has 1 aromatic carbocycles. The summed E-state index contributed by atoms with van der Waals surface area (Å²) in [6.45, 7) is 2.26. The number of esters is 1. The highest BCUT2D eigenvalue weighted by Crippen LogP contribution is 2.32.